The number of hydrogen-bond donors (Lipinski definition) is 0. The highest BCUT2D eigenvalue weighted by molar-refractivity contribution is 6.31. The maximum atomic E-state index is 12.6. The van der Waals surface area contributed by atoms with Gasteiger partial charge in [-0.05, 0) is 50.6 Å². The van der Waals surface area contributed by atoms with Crippen LogP contribution in [0, 0.1) is 12.8 Å². The van der Waals surface area contributed by atoms with Crippen molar-refractivity contribution in [2.75, 3.05) is 26.7 Å². The fourth-order valence-corrected chi connectivity index (χ4v) is 2.88. The third kappa shape index (κ3) is 3.33. The summed E-state index contributed by atoms with van der Waals surface area (Å²) in [6.45, 7) is 6.90. The quantitative estimate of drug-likeness (QED) is 0.778. The van der Waals surface area contributed by atoms with Gasteiger partial charge in [-0.2, -0.15) is 0 Å². The molecule has 1 aliphatic heterocycles. The van der Waals surface area contributed by atoms with Gasteiger partial charge in [0.15, 0.2) is 5.78 Å². The molecular formula is C16H22ClNO2. The van der Waals surface area contributed by atoms with Crippen molar-refractivity contribution in [1.82, 2.24) is 4.90 Å². The van der Waals surface area contributed by atoms with Crippen LogP contribution in [0.3, 0.4) is 0 Å². The summed E-state index contributed by atoms with van der Waals surface area (Å²) < 4.78 is 5.33. The average Bonchev–Trinajstić information content (AvgIpc) is 2.93. The smallest absolute Gasteiger partial charge is 0.170 e. The number of benzene rings is 1. The van der Waals surface area contributed by atoms with E-state index in [1.54, 1.807) is 13.2 Å². The zero-order chi connectivity index (χ0) is 14.7. The summed E-state index contributed by atoms with van der Waals surface area (Å²) in [6.07, 6.45) is 2.47. The van der Waals surface area contributed by atoms with Crippen LogP contribution >= 0.6 is 11.6 Å². The number of nitrogens with zero attached hydrogens (tertiary/aromatic N) is 1. The fourth-order valence-electron chi connectivity index (χ4n) is 2.72. The molecule has 3 nitrogen and oxygen atoms in total. The Kier molecular flexibility index (Phi) is 5.06. The van der Waals surface area contributed by atoms with Crippen molar-refractivity contribution < 1.29 is 9.53 Å². The van der Waals surface area contributed by atoms with Gasteiger partial charge < -0.3 is 9.64 Å². The van der Waals surface area contributed by atoms with Crippen molar-refractivity contribution in [2.24, 2.45) is 5.92 Å². The van der Waals surface area contributed by atoms with Crippen molar-refractivity contribution in [3.8, 4) is 5.75 Å². The first-order chi connectivity index (χ1) is 9.52. The van der Waals surface area contributed by atoms with Gasteiger partial charge >= 0.3 is 0 Å². The molecule has 0 saturated carbocycles. The van der Waals surface area contributed by atoms with E-state index >= 15 is 0 Å². The van der Waals surface area contributed by atoms with Gasteiger partial charge in [0.05, 0.1) is 12.7 Å². The van der Waals surface area contributed by atoms with Gasteiger partial charge in [0.2, 0.25) is 0 Å². The second kappa shape index (κ2) is 6.59. The van der Waals surface area contributed by atoms with Gasteiger partial charge in [0.25, 0.3) is 0 Å². The summed E-state index contributed by atoms with van der Waals surface area (Å²) in [4.78, 5) is 15.0. The molecule has 1 fully saturated rings. The molecule has 1 unspecified atom stereocenters. The van der Waals surface area contributed by atoms with Crippen molar-refractivity contribution in [1.29, 1.82) is 0 Å². The van der Waals surface area contributed by atoms with Crippen LogP contribution in [-0.2, 0) is 0 Å². The minimum absolute atomic E-state index is 0.0410. The van der Waals surface area contributed by atoms with Gasteiger partial charge in [0, 0.05) is 17.5 Å². The minimum Gasteiger partial charge on any atom is -0.496 e. The highest BCUT2D eigenvalue weighted by Gasteiger charge is 2.23. The number of likely N-dealkylation sites (tertiary alicyclic amines) is 1. The second-order valence-corrected chi connectivity index (χ2v) is 5.98. The van der Waals surface area contributed by atoms with Gasteiger partial charge in [-0.1, -0.05) is 18.5 Å². The Labute approximate surface area is 125 Å². The summed E-state index contributed by atoms with van der Waals surface area (Å²) >= 11 is 6.14. The van der Waals surface area contributed by atoms with Crippen LogP contribution in [0.4, 0.5) is 0 Å². The number of methoxy groups -OCH3 is 1. The molecule has 0 aromatic heterocycles. The Hall–Kier alpha value is -1.06. The van der Waals surface area contributed by atoms with Crippen LogP contribution in [0.25, 0.3) is 0 Å². The molecule has 0 radical (unpaired) electrons. The van der Waals surface area contributed by atoms with E-state index in [0.29, 0.717) is 16.3 Å². The first-order valence-electron chi connectivity index (χ1n) is 7.13. The molecule has 0 aliphatic carbocycles. The van der Waals surface area contributed by atoms with Crippen molar-refractivity contribution in [3.05, 3.63) is 28.3 Å². The number of carbonyl (C=O) groups is 1. The Morgan fingerprint density at radius 1 is 1.40 bits per heavy atom. The molecule has 0 spiro atoms. The lowest BCUT2D eigenvalue weighted by atomic mass is 9.97. The molecule has 20 heavy (non-hydrogen) atoms. The molecule has 4 heteroatoms. The largest absolute Gasteiger partial charge is 0.496 e. The Morgan fingerprint density at radius 3 is 2.65 bits per heavy atom. The Balaban J connectivity index is 2.16. The van der Waals surface area contributed by atoms with Gasteiger partial charge in [-0.15, -0.1) is 0 Å². The van der Waals surface area contributed by atoms with Gasteiger partial charge in [-0.3, -0.25) is 4.79 Å². The summed E-state index contributed by atoms with van der Waals surface area (Å²) in [6, 6.07) is 3.57. The van der Waals surface area contributed by atoms with E-state index < -0.39 is 0 Å². The van der Waals surface area contributed by atoms with E-state index in [-0.39, 0.29) is 11.7 Å². The Bertz CT molecular complexity index is 495. The number of Topliss-reactive ketones (excluding diaryl/α,β-unsaturated/α-hetero) is 1. The summed E-state index contributed by atoms with van der Waals surface area (Å²) in [5, 5.41) is 0.613. The van der Waals surface area contributed by atoms with Crippen LogP contribution in [0.15, 0.2) is 12.1 Å². The van der Waals surface area contributed by atoms with E-state index in [0.717, 1.165) is 25.2 Å². The van der Waals surface area contributed by atoms with E-state index in [1.807, 2.05) is 19.9 Å². The number of rotatable bonds is 5. The molecule has 1 atom stereocenters. The lowest BCUT2D eigenvalue weighted by molar-refractivity contribution is 0.0900. The van der Waals surface area contributed by atoms with Crippen LogP contribution in [0.1, 0.15) is 35.7 Å². The van der Waals surface area contributed by atoms with Crippen LogP contribution < -0.4 is 4.74 Å². The molecule has 1 saturated heterocycles. The first-order valence-corrected chi connectivity index (χ1v) is 7.51. The number of ether oxygens (including phenoxy) is 1. The third-order valence-corrected chi connectivity index (χ3v) is 4.33. The maximum Gasteiger partial charge on any atom is 0.170 e. The molecule has 1 heterocycles. The van der Waals surface area contributed by atoms with E-state index in [1.165, 1.54) is 12.8 Å². The molecule has 1 aliphatic rings. The normalized spacial score (nSPS) is 17.2. The number of aryl methyl sites for hydroxylation is 1. The molecule has 1 aromatic rings. The minimum atomic E-state index is -0.0410. The maximum absolute atomic E-state index is 12.6. The fraction of sp³-hybridized carbons (Fsp3) is 0.562. The van der Waals surface area contributed by atoms with E-state index in [4.69, 9.17) is 16.3 Å². The number of ketones is 1. The van der Waals surface area contributed by atoms with Crippen molar-refractivity contribution in [2.45, 2.75) is 26.7 Å². The van der Waals surface area contributed by atoms with Crippen LogP contribution in [-0.4, -0.2) is 37.4 Å². The SMILES string of the molecule is COc1cc(C)c(Cl)cc1C(=O)C(C)CN1CCCC1. The van der Waals surface area contributed by atoms with E-state index in [2.05, 4.69) is 4.90 Å². The highest BCUT2D eigenvalue weighted by Crippen LogP contribution is 2.29. The van der Waals surface area contributed by atoms with Crippen molar-refractivity contribution in [3.63, 3.8) is 0 Å². The van der Waals surface area contributed by atoms with E-state index in [9.17, 15) is 4.79 Å². The second-order valence-electron chi connectivity index (χ2n) is 5.57. The highest BCUT2D eigenvalue weighted by atomic mass is 35.5. The lowest BCUT2D eigenvalue weighted by Crippen LogP contribution is -2.29. The molecule has 2 rings (SSSR count). The summed E-state index contributed by atoms with van der Waals surface area (Å²) in [7, 11) is 1.59. The topological polar surface area (TPSA) is 29.5 Å². The average molecular weight is 296 g/mol. The number of halogens is 1. The predicted octanol–water partition coefficient (Wildman–Crippen LogP) is 3.57. The van der Waals surface area contributed by atoms with Gasteiger partial charge in [0.1, 0.15) is 5.75 Å². The standard InChI is InChI=1S/C16H22ClNO2/c1-11-8-15(20-3)13(9-14(11)17)16(19)12(2)10-18-6-4-5-7-18/h8-9,12H,4-7,10H2,1-3H3. The number of carbonyl (C=O) groups excluding carboxylic acids is 1. The van der Waals surface area contributed by atoms with Crippen molar-refractivity contribution >= 4 is 17.4 Å². The molecule has 110 valence electrons. The van der Waals surface area contributed by atoms with Crippen LogP contribution in [0.5, 0.6) is 5.75 Å². The molecule has 0 bridgehead atoms. The van der Waals surface area contributed by atoms with Crippen LogP contribution in [0.2, 0.25) is 5.02 Å². The molecular weight excluding hydrogens is 274 g/mol. The zero-order valence-corrected chi connectivity index (χ0v) is 13.2. The zero-order valence-electron chi connectivity index (χ0n) is 12.4. The summed E-state index contributed by atoms with van der Waals surface area (Å²) in [5.74, 6) is 0.682. The molecule has 1 aromatic carbocycles. The molecule has 0 amide bonds. The monoisotopic (exact) mass is 295 g/mol. The molecule has 0 N–H and O–H groups in total. The third-order valence-electron chi connectivity index (χ3n) is 3.92. The lowest BCUT2D eigenvalue weighted by Gasteiger charge is -2.20. The summed E-state index contributed by atoms with van der Waals surface area (Å²) in [5.41, 5.74) is 1.52. The first kappa shape index (κ1) is 15.3. The number of hydrogen-bond acceptors (Lipinski definition) is 3. The van der Waals surface area contributed by atoms with Gasteiger partial charge in [-0.25, -0.2) is 0 Å². The predicted molar refractivity (Wildman–Crippen MR) is 81.9 cm³/mol. The Morgan fingerprint density at radius 2 is 2.05 bits per heavy atom.